The van der Waals surface area contributed by atoms with E-state index < -0.39 is 0 Å². The monoisotopic (exact) mass is 381 g/mol. The second-order valence-corrected chi connectivity index (χ2v) is 6.97. The summed E-state index contributed by atoms with van der Waals surface area (Å²) in [5, 5.41) is 9.48. The van der Waals surface area contributed by atoms with Crippen LogP contribution in [0.15, 0.2) is 47.2 Å². The molecule has 1 aromatic carbocycles. The molecule has 1 atom stereocenters. The van der Waals surface area contributed by atoms with Gasteiger partial charge in [-0.3, -0.25) is 0 Å². The number of hydrogen-bond donors (Lipinski definition) is 0. The molecule has 0 N–H and O–H groups in total. The van der Waals surface area contributed by atoms with Gasteiger partial charge in [0.15, 0.2) is 11.5 Å². The van der Waals surface area contributed by atoms with Crippen LogP contribution in [0.25, 0.3) is 16.8 Å². The van der Waals surface area contributed by atoms with Crippen molar-refractivity contribution in [1.82, 2.24) is 24.7 Å². The molecule has 0 saturated carbocycles. The predicted molar refractivity (Wildman–Crippen MR) is 104 cm³/mol. The fourth-order valence-corrected chi connectivity index (χ4v) is 3.41. The number of unbranched alkanes of at least 4 members (excludes halogenated alkanes) is 1. The molecule has 0 aliphatic rings. The molecule has 0 aliphatic carbocycles. The zero-order chi connectivity index (χ0) is 18.8. The Bertz CT molecular complexity index is 1050. The first-order valence-corrected chi connectivity index (χ1v) is 9.44. The standard InChI is InChI=1S/C20H20ClN5O/c1-3-4-5-16(19-24-13(2)27-25-19)18-10-11-22-20-17(12-23-26(18)20)14-6-8-15(21)9-7-14/h6-12,16H,3-5H2,1-2H3. The van der Waals surface area contributed by atoms with Crippen molar-refractivity contribution in [3.63, 3.8) is 0 Å². The Morgan fingerprint density at radius 3 is 2.70 bits per heavy atom. The Labute approximate surface area is 162 Å². The summed E-state index contributed by atoms with van der Waals surface area (Å²) >= 11 is 6.02. The highest BCUT2D eigenvalue weighted by molar-refractivity contribution is 6.30. The second kappa shape index (κ2) is 7.48. The number of aromatic nitrogens is 5. The lowest BCUT2D eigenvalue weighted by Gasteiger charge is -2.14. The summed E-state index contributed by atoms with van der Waals surface area (Å²) in [4.78, 5) is 9.03. The third-order valence-corrected chi connectivity index (χ3v) is 4.90. The van der Waals surface area contributed by atoms with Gasteiger partial charge in [-0.1, -0.05) is 48.7 Å². The van der Waals surface area contributed by atoms with Crippen molar-refractivity contribution in [2.45, 2.75) is 39.0 Å². The van der Waals surface area contributed by atoms with Gasteiger partial charge in [-0.15, -0.1) is 0 Å². The highest BCUT2D eigenvalue weighted by Crippen LogP contribution is 2.31. The zero-order valence-corrected chi connectivity index (χ0v) is 16.0. The van der Waals surface area contributed by atoms with Gasteiger partial charge in [0.2, 0.25) is 5.89 Å². The molecule has 0 saturated heterocycles. The predicted octanol–water partition coefficient (Wildman–Crippen LogP) is 5.06. The number of aryl methyl sites for hydroxylation is 1. The van der Waals surface area contributed by atoms with Crippen LogP contribution >= 0.6 is 11.6 Å². The van der Waals surface area contributed by atoms with E-state index in [4.69, 9.17) is 16.1 Å². The third-order valence-electron chi connectivity index (χ3n) is 4.64. The summed E-state index contributed by atoms with van der Waals surface area (Å²) in [7, 11) is 0. The number of fused-ring (bicyclic) bond motifs is 1. The van der Waals surface area contributed by atoms with Gasteiger partial charge in [0.25, 0.3) is 0 Å². The van der Waals surface area contributed by atoms with Crippen LogP contribution in [-0.2, 0) is 0 Å². The maximum absolute atomic E-state index is 6.02. The number of halogens is 1. The topological polar surface area (TPSA) is 69.1 Å². The van der Waals surface area contributed by atoms with E-state index in [1.54, 1.807) is 0 Å². The Kier molecular flexibility index (Phi) is 4.90. The Morgan fingerprint density at radius 2 is 2.00 bits per heavy atom. The highest BCUT2D eigenvalue weighted by Gasteiger charge is 2.23. The van der Waals surface area contributed by atoms with E-state index in [-0.39, 0.29) is 5.92 Å². The van der Waals surface area contributed by atoms with Crippen LogP contribution < -0.4 is 0 Å². The normalized spacial score (nSPS) is 12.6. The van der Waals surface area contributed by atoms with Crippen LogP contribution in [0.4, 0.5) is 0 Å². The van der Waals surface area contributed by atoms with Crippen molar-refractivity contribution >= 4 is 17.2 Å². The first kappa shape index (κ1) is 17.7. The van der Waals surface area contributed by atoms with E-state index in [0.29, 0.717) is 16.7 Å². The van der Waals surface area contributed by atoms with Crippen LogP contribution in [0.3, 0.4) is 0 Å². The minimum atomic E-state index is 0.00543. The molecule has 27 heavy (non-hydrogen) atoms. The number of nitrogens with zero attached hydrogens (tertiary/aromatic N) is 5. The van der Waals surface area contributed by atoms with E-state index in [0.717, 1.165) is 41.7 Å². The van der Waals surface area contributed by atoms with Crippen LogP contribution in [-0.4, -0.2) is 24.7 Å². The van der Waals surface area contributed by atoms with E-state index in [2.05, 4.69) is 27.1 Å². The third kappa shape index (κ3) is 3.45. The summed E-state index contributed by atoms with van der Waals surface area (Å²) in [5.74, 6) is 1.27. The number of hydrogen-bond acceptors (Lipinski definition) is 5. The van der Waals surface area contributed by atoms with Crippen molar-refractivity contribution in [3.8, 4) is 11.1 Å². The smallest absolute Gasteiger partial charge is 0.223 e. The molecule has 0 bridgehead atoms. The zero-order valence-electron chi connectivity index (χ0n) is 15.3. The second-order valence-electron chi connectivity index (χ2n) is 6.54. The van der Waals surface area contributed by atoms with Crippen molar-refractivity contribution in [2.75, 3.05) is 0 Å². The van der Waals surface area contributed by atoms with Gasteiger partial charge in [-0.2, -0.15) is 10.1 Å². The summed E-state index contributed by atoms with van der Waals surface area (Å²) in [6, 6.07) is 9.68. The molecule has 0 spiro atoms. The molecule has 6 nitrogen and oxygen atoms in total. The summed E-state index contributed by atoms with van der Waals surface area (Å²) < 4.78 is 7.11. The average Bonchev–Trinajstić information content (AvgIpc) is 3.30. The Hall–Kier alpha value is -2.73. The van der Waals surface area contributed by atoms with E-state index in [1.165, 1.54) is 0 Å². The Morgan fingerprint density at radius 1 is 1.19 bits per heavy atom. The van der Waals surface area contributed by atoms with E-state index in [9.17, 15) is 0 Å². The molecule has 4 aromatic rings. The van der Waals surface area contributed by atoms with Gasteiger partial charge in [0.05, 0.1) is 17.8 Å². The minimum Gasteiger partial charge on any atom is -0.340 e. The molecular formula is C20H20ClN5O. The fourth-order valence-electron chi connectivity index (χ4n) is 3.28. The molecule has 3 aromatic heterocycles. The molecule has 1 unspecified atom stereocenters. The van der Waals surface area contributed by atoms with Crippen molar-refractivity contribution < 1.29 is 4.52 Å². The van der Waals surface area contributed by atoms with Gasteiger partial charge in [-0.25, -0.2) is 9.50 Å². The van der Waals surface area contributed by atoms with Crippen molar-refractivity contribution in [3.05, 3.63) is 65.2 Å². The van der Waals surface area contributed by atoms with E-state index >= 15 is 0 Å². The van der Waals surface area contributed by atoms with Crippen molar-refractivity contribution in [1.29, 1.82) is 0 Å². The molecule has 7 heteroatoms. The highest BCUT2D eigenvalue weighted by atomic mass is 35.5. The number of benzene rings is 1. The van der Waals surface area contributed by atoms with Crippen LogP contribution in [0.5, 0.6) is 0 Å². The molecule has 0 aliphatic heterocycles. The lowest BCUT2D eigenvalue weighted by molar-refractivity contribution is 0.383. The lowest BCUT2D eigenvalue weighted by atomic mass is 9.97. The number of rotatable bonds is 6. The fraction of sp³-hybridized carbons (Fsp3) is 0.300. The van der Waals surface area contributed by atoms with Gasteiger partial charge in [-0.05, 0) is 30.2 Å². The Balaban J connectivity index is 1.82. The first-order chi connectivity index (χ1) is 13.2. The molecule has 0 fully saturated rings. The average molecular weight is 382 g/mol. The first-order valence-electron chi connectivity index (χ1n) is 9.06. The van der Waals surface area contributed by atoms with Gasteiger partial charge < -0.3 is 4.52 Å². The summed E-state index contributed by atoms with van der Waals surface area (Å²) in [6.07, 6.45) is 6.74. The maximum Gasteiger partial charge on any atom is 0.223 e. The molecular weight excluding hydrogens is 362 g/mol. The molecule has 0 radical (unpaired) electrons. The minimum absolute atomic E-state index is 0.00543. The van der Waals surface area contributed by atoms with Gasteiger partial charge in [0.1, 0.15) is 0 Å². The lowest BCUT2D eigenvalue weighted by Crippen LogP contribution is -2.10. The van der Waals surface area contributed by atoms with Crippen LogP contribution in [0, 0.1) is 6.92 Å². The van der Waals surface area contributed by atoms with E-state index in [1.807, 2.05) is 54.2 Å². The van der Waals surface area contributed by atoms with Gasteiger partial charge in [0, 0.05) is 23.7 Å². The van der Waals surface area contributed by atoms with Gasteiger partial charge >= 0.3 is 0 Å². The molecule has 138 valence electrons. The molecule has 0 amide bonds. The largest absolute Gasteiger partial charge is 0.340 e. The molecule has 3 heterocycles. The summed E-state index contributed by atoms with van der Waals surface area (Å²) in [5.41, 5.74) is 3.80. The van der Waals surface area contributed by atoms with Crippen LogP contribution in [0.2, 0.25) is 5.02 Å². The molecule has 4 rings (SSSR count). The summed E-state index contributed by atoms with van der Waals surface area (Å²) in [6.45, 7) is 3.98. The maximum atomic E-state index is 6.02. The SMILES string of the molecule is CCCCC(c1noc(C)n1)c1ccnc2c(-c3ccc(Cl)cc3)cnn12. The quantitative estimate of drug-likeness (QED) is 0.466. The van der Waals surface area contributed by atoms with Crippen molar-refractivity contribution in [2.24, 2.45) is 0 Å². The van der Waals surface area contributed by atoms with Crippen LogP contribution in [0.1, 0.15) is 49.5 Å².